The van der Waals surface area contributed by atoms with Crippen molar-refractivity contribution in [2.45, 2.75) is 31.7 Å². The zero-order valence-electron chi connectivity index (χ0n) is 19.0. The first-order valence-corrected chi connectivity index (χ1v) is 11.4. The van der Waals surface area contributed by atoms with Crippen LogP contribution in [0.25, 0.3) is 0 Å². The van der Waals surface area contributed by atoms with Gasteiger partial charge in [0.05, 0.1) is 6.54 Å². The highest BCUT2D eigenvalue weighted by Gasteiger charge is 2.52. The maximum atomic E-state index is 13.1. The number of hydrazine groups is 1. The van der Waals surface area contributed by atoms with Gasteiger partial charge in [-0.3, -0.25) is 24.7 Å². The van der Waals surface area contributed by atoms with Crippen LogP contribution in [0.5, 0.6) is 5.75 Å². The summed E-state index contributed by atoms with van der Waals surface area (Å²) in [5, 5.41) is 12.9. The number of aromatic hydroxyl groups is 1. The summed E-state index contributed by atoms with van der Waals surface area (Å²) in [6, 6.07) is 14.5. The van der Waals surface area contributed by atoms with Crippen molar-refractivity contribution in [2.75, 3.05) is 19.6 Å². The van der Waals surface area contributed by atoms with Gasteiger partial charge in [-0.1, -0.05) is 37.3 Å². The van der Waals surface area contributed by atoms with Crippen LogP contribution in [0, 0.1) is 5.92 Å². The molecule has 2 aliphatic heterocycles. The van der Waals surface area contributed by atoms with Crippen LogP contribution in [0.4, 0.5) is 4.79 Å². The van der Waals surface area contributed by atoms with E-state index in [0.717, 1.165) is 5.01 Å². The lowest BCUT2D eigenvalue weighted by atomic mass is 9.87. The molecule has 1 unspecified atom stereocenters. The molecule has 4 rings (SSSR count). The zero-order chi connectivity index (χ0) is 24.3. The second-order valence-corrected chi connectivity index (χ2v) is 8.69. The van der Waals surface area contributed by atoms with Gasteiger partial charge >= 0.3 is 6.03 Å². The summed E-state index contributed by atoms with van der Waals surface area (Å²) < 4.78 is 0. The van der Waals surface area contributed by atoms with Gasteiger partial charge in [0.25, 0.3) is 11.8 Å². The number of Topliss-reactive ketones (excluding diaryl/α,β-unsaturated/α-hetero) is 1. The fourth-order valence-electron chi connectivity index (χ4n) is 4.62. The molecule has 0 saturated carbocycles. The third-order valence-electron chi connectivity index (χ3n) is 6.60. The molecule has 2 fully saturated rings. The summed E-state index contributed by atoms with van der Waals surface area (Å²) in [6.45, 7) is 2.91. The highest BCUT2D eigenvalue weighted by atomic mass is 16.3. The van der Waals surface area contributed by atoms with E-state index in [2.05, 4.69) is 10.7 Å². The predicted octanol–water partition coefficient (Wildman–Crippen LogP) is 2.18. The molecular weight excluding hydrogens is 436 g/mol. The number of nitrogens with one attached hydrogen (secondary N) is 2. The first-order chi connectivity index (χ1) is 16.3. The number of carbonyl (C=O) groups excluding carboxylic acids is 4. The van der Waals surface area contributed by atoms with Crippen molar-refractivity contribution in [1.29, 1.82) is 0 Å². The average molecular weight is 465 g/mol. The van der Waals surface area contributed by atoms with Crippen LogP contribution in [0.3, 0.4) is 0 Å². The number of phenolic OH excluding ortho intramolecular Hbond substituents is 1. The number of phenols is 1. The molecule has 0 aromatic heterocycles. The van der Waals surface area contributed by atoms with E-state index in [1.165, 1.54) is 12.1 Å². The van der Waals surface area contributed by atoms with Crippen LogP contribution in [0.15, 0.2) is 54.6 Å². The Hall–Kier alpha value is -3.72. The first-order valence-electron chi connectivity index (χ1n) is 11.4. The molecule has 2 aromatic rings. The molecule has 9 nitrogen and oxygen atoms in total. The molecule has 178 valence electrons. The van der Waals surface area contributed by atoms with E-state index in [9.17, 15) is 24.3 Å². The molecule has 0 bridgehead atoms. The number of urea groups is 1. The van der Waals surface area contributed by atoms with Crippen molar-refractivity contribution in [1.82, 2.24) is 20.7 Å². The summed E-state index contributed by atoms with van der Waals surface area (Å²) >= 11 is 0. The second kappa shape index (κ2) is 9.64. The highest BCUT2D eigenvalue weighted by Crippen LogP contribution is 2.31. The van der Waals surface area contributed by atoms with Crippen LogP contribution in [0.2, 0.25) is 0 Å². The van der Waals surface area contributed by atoms with Crippen molar-refractivity contribution in [3.05, 3.63) is 65.7 Å². The van der Waals surface area contributed by atoms with Gasteiger partial charge in [-0.15, -0.1) is 0 Å². The molecule has 0 radical (unpaired) electrons. The van der Waals surface area contributed by atoms with Crippen molar-refractivity contribution < 1.29 is 24.3 Å². The van der Waals surface area contributed by atoms with Gasteiger partial charge in [0.15, 0.2) is 5.78 Å². The summed E-state index contributed by atoms with van der Waals surface area (Å²) in [6.07, 6.45) is 1.54. The Kier molecular flexibility index (Phi) is 6.65. The third kappa shape index (κ3) is 4.51. The van der Waals surface area contributed by atoms with E-state index in [4.69, 9.17) is 0 Å². The van der Waals surface area contributed by atoms with Gasteiger partial charge in [-0.05, 0) is 62.2 Å². The Bertz CT molecular complexity index is 1080. The fourth-order valence-corrected chi connectivity index (χ4v) is 4.62. The van der Waals surface area contributed by atoms with Crippen molar-refractivity contribution >= 4 is 23.6 Å². The van der Waals surface area contributed by atoms with Gasteiger partial charge in [0.1, 0.15) is 11.3 Å². The fraction of sp³-hybridized carbons (Fsp3) is 0.360. The monoisotopic (exact) mass is 464 g/mol. The molecule has 2 heterocycles. The minimum absolute atomic E-state index is 0.0155. The quantitative estimate of drug-likeness (QED) is 0.427. The number of likely N-dealkylation sites (tertiary alicyclic amines) is 1. The Morgan fingerprint density at radius 2 is 1.71 bits per heavy atom. The van der Waals surface area contributed by atoms with E-state index in [1.54, 1.807) is 43.3 Å². The lowest BCUT2D eigenvalue weighted by Gasteiger charge is -2.31. The minimum Gasteiger partial charge on any atom is -0.508 e. The normalized spacial score (nSPS) is 21.4. The first kappa shape index (κ1) is 23.4. The molecule has 3 N–H and O–H groups in total. The molecular formula is C25H28N4O5. The zero-order valence-corrected chi connectivity index (χ0v) is 19.0. The van der Waals surface area contributed by atoms with Gasteiger partial charge in [-0.2, -0.15) is 5.01 Å². The molecule has 1 atom stereocenters. The summed E-state index contributed by atoms with van der Waals surface area (Å²) in [4.78, 5) is 52.9. The van der Waals surface area contributed by atoms with Crippen LogP contribution in [0.1, 0.15) is 42.1 Å². The third-order valence-corrected chi connectivity index (χ3v) is 6.60. The molecule has 2 saturated heterocycles. The van der Waals surface area contributed by atoms with Crippen molar-refractivity contribution in [3.63, 3.8) is 0 Å². The number of nitrogens with zero attached hydrogens (tertiary/aromatic N) is 2. The number of amides is 4. The van der Waals surface area contributed by atoms with Crippen molar-refractivity contribution in [2.24, 2.45) is 5.92 Å². The maximum absolute atomic E-state index is 13.1. The Morgan fingerprint density at radius 1 is 1.06 bits per heavy atom. The Labute approximate surface area is 197 Å². The molecule has 2 aromatic carbocycles. The highest BCUT2D eigenvalue weighted by molar-refractivity contribution is 6.08. The van der Waals surface area contributed by atoms with E-state index >= 15 is 0 Å². The van der Waals surface area contributed by atoms with Crippen LogP contribution in [-0.2, 0) is 15.1 Å². The second-order valence-electron chi connectivity index (χ2n) is 8.69. The van der Waals surface area contributed by atoms with E-state index in [0.29, 0.717) is 43.5 Å². The Balaban J connectivity index is 1.32. The smallest absolute Gasteiger partial charge is 0.344 e. The average Bonchev–Trinajstić information content (AvgIpc) is 3.10. The molecule has 34 heavy (non-hydrogen) atoms. The van der Waals surface area contributed by atoms with Gasteiger partial charge < -0.3 is 10.4 Å². The van der Waals surface area contributed by atoms with Crippen molar-refractivity contribution in [3.8, 4) is 5.75 Å². The lowest BCUT2D eigenvalue weighted by molar-refractivity contribution is -0.140. The van der Waals surface area contributed by atoms with E-state index in [-0.39, 0.29) is 24.0 Å². The van der Waals surface area contributed by atoms with Crippen LogP contribution in [-0.4, -0.2) is 58.3 Å². The molecule has 2 aliphatic rings. The number of piperidine rings is 1. The predicted molar refractivity (Wildman–Crippen MR) is 124 cm³/mol. The summed E-state index contributed by atoms with van der Waals surface area (Å²) in [5.41, 5.74) is 2.46. The summed E-state index contributed by atoms with van der Waals surface area (Å²) in [7, 11) is 0. The number of imide groups is 1. The van der Waals surface area contributed by atoms with E-state index in [1.807, 2.05) is 11.0 Å². The number of ketones is 1. The summed E-state index contributed by atoms with van der Waals surface area (Å²) in [5.74, 6) is -0.988. The molecule has 9 heteroatoms. The van der Waals surface area contributed by atoms with Gasteiger partial charge in [0.2, 0.25) is 0 Å². The topological polar surface area (TPSA) is 119 Å². The molecule has 0 spiro atoms. The minimum atomic E-state index is -1.21. The number of hydrogen-bond acceptors (Lipinski definition) is 6. The molecule has 4 amide bonds. The largest absolute Gasteiger partial charge is 0.508 e. The number of benzene rings is 2. The van der Waals surface area contributed by atoms with Gasteiger partial charge in [-0.25, -0.2) is 4.79 Å². The van der Waals surface area contributed by atoms with Crippen LogP contribution >= 0.6 is 0 Å². The number of carbonyl (C=O) groups is 4. The molecule has 0 aliphatic carbocycles. The lowest BCUT2D eigenvalue weighted by Crippen LogP contribution is -2.52. The Morgan fingerprint density at radius 3 is 2.32 bits per heavy atom. The SMILES string of the molecule is CCC1(c2ccccc2)NC(=O)N(NC(=O)CN2CCC(C(=O)c3ccc(O)cc3)CC2)C1=O. The number of hydrogen-bond donors (Lipinski definition) is 3. The van der Waals surface area contributed by atoms with Gasteiger partial charge in [0, 0.05) is 11.5 Å². The maximum Gasteiger partial charge on any atom is 0.344 e. The number of rotatable bonds is 7. The standard InChI is InChI=1S/C25H28N4O5/c1-2-25(19-6-4-3-5-7-19)23(33)29(24(34)26-25)27-21(31)16-28-14-12-18(13-15-28)22(32)17-8-10-20(30)11-9-17/h3-11,18,30H,2,12-16H2,1H3,(H,26,34)(H,27,31). The van der Waals surface area contributed by atoms with E-state index < -0.39 is 23.4 Å². The van der Waals surface area contributed by atoms with Crippen LogP contribution < -0.4 is 10.7 Å².